The number of nitrogens with two attached hydrogens (primary N) is 2. The predicted octanol–water partition coefficient (Wildman–Crippen LogP) is 1.97. The number of hydrogen-bond acceptors (Lipinski definition) is 5. The number of amides is 3. The summed E-state index contributed by atoms with van der Waals surface area (Å²) in [7, 11) is 0. The maximum absolute atomic E-state index is 12.8. The summed E-state index contributed by atoms with van der Waals surface area (Å²) in [5.74, 6) is -0.814. The molecule has 0 spiro atoms. The van der Waals surface area contributed by atoms with Gasteiger partial charge in [0.25, 0.3) is 0 Å². The fourth-order valence-electron chi connectivity index (χ4n) is 4.34. The Kier molecular flexibility index (Phi) is 14.2. The zero-order valence-corrected chi connectivity index (χ0v) is 19.3. The molecule has 1 heterocycles. The number of likely N-dealkylation sites (tertiary alicyclic amines) is 1. The highest BCUT2D eigenvalue weighted by atomic mass is 16.3. The van der Waals surface area contributed by atoms with Gasteiger partial charge in [0.05, 0.1) is 0 Å². The minimum absolute atomic E-state index is 0.102. The summed E-state index contributed by atoms with van der Waals surface area (Å²) >= 11 is 0. The van der Waals surface area contributed by atoms with Crippen LogP contribution in [0, 0.1) is 0 Å². The van der Waals surface area contributed by atoms with Gasteiger partial charge in [-0.25, -0.2) is 0 Å². The molecule has 0 bridgehead atoms. The number of hydrogen-bond donors (Lipinski definition) is 4. The van der Waals surface area contributed by atoms with Crippen LogP contribution in [0.4, 0.5) is 0 Å². The Balaban J connectivity index is 2.29. The molecule has 31 heavy (non-hydrogen) atoms. The Bertz CT molecular complexity index is 544. The minimum atomic E-state index is -0.639. The molecule has 0 radical (unpaired) electrons. The van der Waals surface area contributed by atoms with Crippen molar-refractivity contribution in [3.05, 3.63) is 0 Å². The molecule has 0 saturated carbocycles. The second kappa shape index (κ2) is 16.0. The lowest BCUT2D eigenvalue weighted by Gasteiger charge is -2.29. The van der Waals surface area contributed by atoms with Crippen molar-refractivity contribution in [2.45, 2.75) is 115 Å². The molecule has 180 valence electrons. The SMILES string of the molecule is CC1CC(NC(=O)CCCCCCCCCCCO)C(=O)N1C(CCCCN)C(N)=O. The van der Waals surface area contributed by atoms with Crippen molar-refractivity contribution < 1.29 is 19.5 Å². The van der Waals surface area contributed by atoms with Gasteiger partial charge in [-0.3, -0.25) is 14.4 Å². The number of rotatable bonds is 18. The number of aliphatic hydroxyl groups excluding tert-OH is 1. The number of nitrogens with zero attached hydrogens (tertiary/aromatic N) is 1. The zero-order valence-electron chi connectivity index (χ0n) is 19.3. The van der Waals surface area contributed by atoms with Crippen LogP contribution in [-0.2, 0) is 14.4 Å². The summed E-state index contributed by atoms with van der Waals surface area (Å²) in [5, 5.41) is 11.6. The van der Waals surface area contributed by atoms with Gasteiger partial charge in [0, 0.05) is 19.1 Å². The van der Waals surface area contributed by atoms with Crippen LogP contribution < -0.4 is 16.8 Å². The number of carbonyl (C=O) groups excluding carboxylic acids is 3. The quantitative estimate of drug-likeness (QED) is 0.241. The summed E-state index contributed by atoms with van der Waals surface area (Å²) in [6.45, 7) is 2.72. The molecule has 1 aliphatic rings. The molecular formula is C23H44N4O4. The van der Waals surface area contributed by atoms with Gasteiger partial charge in [0.2, 0.25) is 17.7 Å². The average molecular weight is 441 g/mol. The van der Waals surface area contributed by atoms with Gasteiger partial charge in [-0.05, 0) is 52.0 Å². The number of nitrogens with one attached hydrogen (secondary N) is 1. The number of aliphatic hydroxyl groups is 1. The van der Waals surface area contributed by atoms with Crippen molar-refractivity contribution in [1.29, 1.82) is 0 Å². The van der Waals surface area contributed by atoms with Crippen molar-refractivity contribution in [3.8, 4) is 0 Å². The lowest BCUT2D eigenvalue weighted by Crippen LogP contribution is -2.50. The Morgan fingerprint density at radius 3 is 2.16 bits per heavy atom. The minimum Gasteiger partial charge on any atom is -0.396 e. The number of unbranched alkanes of at least 4 members (excludes halogenated alkanes) is 9. The smallest absolute Gasteiger partial charge is 0.246 e. The second-order valence-corrected chi connectivity index (χ2v) is 8.81. The van der Waals surface area contributed by atoms with Crippen LogP contribution in [0.15, 0.2) is 0 Å². The van der Waals surface area contributed by atoms with E-state index in [9.17, 15) is 14.4 Å². The van der Waals surface area contributed by atoms with Crippen molar-refractivity contribution in [2.75, 3.05) is 13.2 Å². The fraction of sp³-hybridized carbons (Fsp3) is 0.870. The number of primary amides is 1. The molecule has 3 atom stereocenters. The normalized spacial score (nSPS) is 19.6. The molecule has 1 saturated heterocycles. The third-order valence-electron chi connectivity index (χ3n) is 6.10. The van der Waals surface area contributed by atoms with Gasteiger partial charge in [0.15, 0.2) is 0 Å². The lowest BCUT2D eigenvalue weighted by molar-refractivity contribution is -0.139. The molecule has 8 nitrogen and oxygen atoms in total. The largest absolute Gasteiger partial charge is 0.396 e. The Hall–Kier alpha value is -1.67. The molecule has 0 aromatic heterocycles. The van der Waals surface area contributed by atoms with Gasteiger partial charge in [0.1, 0.15) is 12.1 Å². The molecular weight excluding hydrogens is 396 g/mol. The predicted molar refractivity (Wildman–Crippen MR) is 122 cm³/mol. The molecule has 0 aromatic carbocycles. The average Bonchev–Trinajstić information content (AvgIpc) is 2.99. The van der Waals surface area contributed by atoms with E-state index in [0.29, 0.717) is 25.8 Å². The summed E-state index contributed by atoms with van der Waals surface area (Å²) in [6.07, 6.45) is 12.6. The molecule has 1 fully saturated rings. The standard InChI is InChI=1S/C23H44N4O4/c1-18-17-19(23(31)27(18)20(22(25)30)13-10-11-15-24)26-21(29)14-9-7-5-3-2-4-6-8-12-16-28/h18-20,28H,2-17,24H2,1H3,(H2,25,30)(H,26,29). The lowest BCUT2D eigenvalue weighted by atomic mass is 10.1. The first-order valence-corrected chi connectivity index (χ1v) is 12.1. The van der Waals surface area contributed by atoms with Crippen LogP contribution >= 0.6 is 0 Å². The second-order valence-electron chi connectivity index (χ2n) is 8.81. The van der Waals surface area contributed by atoms with E-state index in [0.717, 1.165) is 44.9 Å². The van der Waals surface area contributed by atoms with Crippen LogP contribution in [0.5, 0.6) is 0 Å². The third kappa shape index (κ3) is 10.5. The summed E-state index contributed by atoms with van der Waals surface area (Å²) in [4.78, 5) is 38.6. The van der Waals surface area contributed by atoms with Crippen LogP contribution in [0.25, 0.3) is 0 Å². The summed E-state index contributed by atoms with van der Waals surface area (Å²) < 4.78 is 0. The first-order valence-electron chi connectivity index (χ1n) is 12.1. The van der Waals surface area contributed by atoms with Crippen molar-refractivity contribution in [2.24, 2.45) is 11.5 Å². The molecule has 0 aliphatic carbocycles. The molecule has 3 unspecified atom stereocenters. The van der Waals surface area contributed by atoms with E-state index in [1.165, 1.54) is 25.7 Å². The van der Waals surface area contributed by atoms with E-state index in [1.807, 2.05) is 6.92 Å². The van der Waals surface area contributed by atoms with E-state index in [2.05, 4.69) is 5.32 Å². The monoisotopic (exact) mass is 440 g/mol. The van der Waals surface area contributed by atoms with E-state index in [4.69, 9.17) is 16.6 Å². The molecule has 8 heteroatoms. The fourth-order valence-corrected chi connectivity index (χ4v) is 4.34. The van der Waals surface area contributed by atoms with Gasteiger partial charge >= 0.3 is 0 Å². The highest BCUT2D eigenvalue weighted by Crippen LogP contribution is 2.24. The van der Waals surface area contributed by atoms with E-state index in [1.54, 1.807) is 4.90 Å². The van der Waals surface area contributed by atoms with E-state index >= 15 is 0 Å². The van der Waals surface area contributed by atoms with Crippen LogP contribution in [-0.4, -0.2) is 59.0 Å². The highest BCUT2D eigenvalue weighted by Gasteiger charge is 2.42. The first-order chi connectivity index (χ1) is 14.9. The Labute approximate surface area is 187 Å². The molecule has 3 amide bonds. The van der Waals surface area contributed by atoms with E-state index < -0.39 is 18.0 Å². The maximum atomic E-state index is 12.8. The summed E-state index contributed by atoms with van der Waals surface area (Å²) in [5.41, 5.74) is 11.1. The van der Waals surface area contributed by atoms with Gasteiger partial charge in [-0.1, -0.05) is 44.9 Å². The summed E-state index contributed by atoms with van der Waals surface area (Å²) in [6, 6.07) is -1.34. The van der Waals surface area contributed by atoms with Crippen molar-refractivity contribution in [3.63, 3.8) is 0 Å². The molecule has 1 aliphatic heterocycles. The Morgan fingerprint density at radius 1 is 1.03 bits per heavy atom. The Morgan fingerprint density at radius 2 is 1.61 bits per heavy atom. The number of carbonyl (C=O) groups is 3. The van der Waals surface area contributed by atoms with Crippen LogP contribution in [0.3, 0.4) is 0 Å². The molecule has 0 aromatic rings. The molecule has 1 rings (SSSR count). The van der Waals surface area contributed by atoms with Gasteiger partial charge in [-0.15, -0.1) is 0 Å². The topological polar surface area (TPSA) is 139 Å². The van der Waals surface area contributed by atoms with E-state index in [-0.39, 0.29) is 24.5 Å². The maximum Gasteiger partial charge on any atom is 0.246 e. The first kappa shape index (κ1) is 27.4. The van der Waals surface area contributed by atoms with Gasteiger partial charge in [-0.2, -0.15) is 0 Å². The third-order valence-corrected chi connectivity index (χ3v) is 6.10. The van der Waals surface area contributed by atoms with Gasteiger partial charge < -0.3 is 26.8 Å². The van der Waals surface area contributed by atoms with Crippen molar-refractivity contribution >= 4 is 17.7 Å². The zero-order chi connectivity index (χ0) is 23.1. The van der Waals surface area contributed by atoms with Crippen LogP contribution in [0.1, 0.15) is 96.8 Å². The van der Waals surface area contributed by atoms with Crippen LogP contribution in [0.2, 0.25) is 0 Å². The molecule has 6 N–H and O–H groups in total. The highest BCUT2D eigenvalue weighted by molar-refractivity contribution is 5.93. The van der Waals surface area contributed by atoms with Crippen molar-refractivity contribution in [1.82, 2.24) is 10.2 Å².